The Labute approximate surface area is 243 Å². The molecule has 1 heterocycles. The number of phenols is 1. The first-order valence-electron chi connectivity index (χ1n) is 14.0. The molecule has 0 fully saturated rings. The minimum Gasteiger partial charge on any atom is -0.507 e. The maximum absolute atomic E-state index is 13.7. The SMILES string of the molecule is Cc1ccc(C(C(=O)Nc2ccc3c(c2)OCO3)N(C)C(=O)CCc2cc(C(C)(C)C)c(O)c(C(C)(C)C)c2)cc1. The molecule has 41 heavy (non-hydrogen) atoms. The highest BCUT2D eigenvalue weighted by Gasteiger charge is 2.30. The number of aryl methyl sites for hydroxylation is 2. The summed E-state index contributed by atoms with van der Waals surface area (Å²) in [6.07, 6.45) is 0.702. The summed E-state index contributed by atoms with van der Waals surface area (Å²) in [6, 6.07) is 16.0. The number of likely N-dealkylation sites (N-methyl/N-ethyl adjacent to an activating group) is 1. The van der Waals surface area contributed by atoms with Gasteiger partial charge in [-0.25, -0.2) is 0 Å². The third-order valence-corrected chi connectivity index (χ3v) is 7.48. The van der Waals surface area contributed by atoms with E-state index in [1.54, 1.807) is 25.2 Å². The van der Waals surface area contributed by atoms with Crippen LogP contribution in [0.4, 0.5) is 5.69 Å². The fraction of sp³-hybridized carbons (Fsp3) is 0.412. The van der Waals surface area contributed by atoms with Crippen LogP contribution >= 0.6 is 0 Å². The molecule has 2 amide bonds. The van der Waals surface area contributed by atoms with E-state index in [9.17, 15) is 14.7 Å². The van der Waals surface area contributed by atoms with Crippen LogP contribution in [0.2, 0.25) is 0 Å². The summed E-state index contributed by atoms with van der Waals surface area (Å²) in [4.78, 5) is 28.8. The van der Waals surface area contributed by atoms with Crippen LogP contribution in [-0.4, -0.2) is 35.7 Å². The molecule has 7 heteroatoms. The Bertz CT molecular complexity index is 1400. The summed E-state index contributed by atoms with van der Waals surface area (Å²) in [5, 5.41) is 14.0. The molecule has 3 aromatic rings. The van der Waals surface area contributed by atoms with Crippen molar-refractivity contribution in [3.63, 3.8) is 0 Å². The molecular weight excluding hydrogens is 516 g/mol. The topological polar surface area (TPSA) is 88.1 Å². The molecule has 3 aromatic carbocycles. The Hall–Kier alpha value is -4.00. The number of nitrogens with zero attached hydrogens (tertiary/aromatic N) is 1. The Balaban J connectivity index is 1.57. The molecular formula is C34H42N2O5. The fourth-order valence-electron chi connectivity index (χ4n) is 5.04. The summed E-state index contributed by atoms with van der Waals surface area (Å²) in [5.41, 5.74) is 4.53. The van der Waals surface area contributed by atoms with Gasteiger partial charge in [0.2, 0.25) is 12.7 Å². The number of phenolic OH excluding ortho intramolecular Hbond substituents is 1. The second-order valence-electron chi connectivity index (χ2n) is 12.9. The van der Waals surface area contributed by atoms with E-state index in [0.29, 0.717) is 29.4 Å². The van der Waals surface area contributed by atoms with Gasteiger partial charge in [-0.3, -0.25) is 9.59 Å². The number of hydrogen-bond donors (Lipinski definition) is 2. The van der Waals surface area contributed by atoms with Gasteiger partial charge < -0.3 is 24.8 Å². The molecule has 0 saturated heterocycles. The molecule has 1 aliphatic rings. The van der Waals surface area contributed by atoms with E-state index in [0.717, 1.165) is 27.8 Å². The largest absolute Gasteiger partial charge is 0.507 e. The zero-order valence-corrected chi connectivity index (χ0v) is 25.4. The van der Waals surface area contributed by atoms with Crippen LogP contribution < -0.4 is 14.8 Å². The summed E-state index contributed by atoms with van der Waals surface area (Å²) in [6.45, 7) is 14.6. The third kappa shape index (κ3) is 6.84. The highest BCUT2D eigenvalue weighted by Crippen LogP contribution is 2.40. The molecule has 1 unspecified atom stereocenters. The van der Waals surface area contributed by atoms with Gasteiger partial charge in [0.25, 0.3) is 5.91 Å². The van der Waals surface area contributed by atoms with Crippen molar-refractivity contribution in [1.82, 2.24) is 4.90 Å². The van der Waals surface area contributed by atoms with Crippen molar-refractivity contribution in [3.8, 4) is 17.2 Å². The van der Waals surface area contributed by atoms with Crippen LogP contribution in [0, 0.1) is 6.92 Å². The lowest BCUT2D eigenvalue weighted by atomic mass is 9.78. The van der Waals surface area contributed by atoms with Gasteiger partial charge in [-0.1, -0.05) is 83.5 Å². The second-order valence-corrected chi connectivity index (χ2v) is 12.9. The van der Waals surface area contributed by atoms with Gasteiger partial charge in [0.15, 0.2) is 11.5 Å². The van der Waals surface area contributed by atoms with E-state index in [4.69, 9.17) is 9.47 Å². The van der Waals surface area contributed by atoms with Gasteiger partial charge in [-0.05, 0) is 58.6 Å². The fourth-order valence-corrected chi connectivity index (χ4v) is 5.04. The Morgan fingerprint density at radius 2 is 1.49 bits per heavy atom. The zero-order valence-electron chi connectivity index (χ0n) is 25.4. The number of nitrogens with one attached hydrogen (secondary N) is 1. The molecule has 0 spiro atoms. The predicted octanol–water partition coefficient (Wildman–Crippen LogP) is 6.80. The van der Waals surface area contributed by atoms with E-state index >= 15 is 0 Å². The van der Waals surface area contributed by atoms with Gasteiger partial charge >= 0.3 is 0 Å². The second kappa shape index (κ2) is 11.5. The molecule has 0 saturated carbocycles. The summed E-state index contributed by atoms with van der Waals surface area (Å²) in [7, 11) is 1.67. The van der Waals surface area contributed by atoms with E-state index in [1.807, 2.05) is 43.3 Å². The molecule has 7 nitrogen and oxygen atoms in total. The maximum Gasteiger partial charge on any atom is 0.251 e. The Morgan fingerprint density at radius 3 is 2.07 bits per heavy atom. The average molecular weight is 559 g/mol. The summed E-state index contributed by atoms with van der Waals surface area (Å²) < 4.78 is 10.8. The van der Waals surface area contributed by atoms with Crippen LogP contribution in [0.25, 0.3) is 0 Å². The highest BCUT2D eigenvalue weighted by molar-refractivity contribution is 5.98. The van der Waals surface area contributed by atoms with Gasteiger partial charge in [0, 0.05) is 25.2 Å². The van der Waals surface area contributed by atoms with Crippen molar-refractivity contribution in [1.29, 1.82) is 0 Å². The quantitative estimate of drug-likeness (QED) is 0.333. The molecule has 4 rings (SSSR count). The molecule has 1 atom stereocenters. The van der Waals surface area contributed by atoms with Gasteiger partial charge in [-0.2, -0.15) is 0 Å². The standard InChI is InChI=1S/C34H42N2O5/c1-21-9-12-23(13-10-21)30(32(39)35-24-14-15-27-28(19-24)41-20-40-27)36(8)29(37)16-11-22-17-25(33(2,3)4)31(38)26(18-22)34(5,6)7/h9-10,12-15,17-19,30,38H,11,16,20H2,1-8H3,(H,35,39). The summed E-state index contributed by atoms with van der Waals surface area (Å²) in [5.74, 6) is 1.04. The van der Waals surface area contributed by atoms with Gasteiger partial charge in [0.05, 0.1) is 0 Å². The third-order valence-electron chi connectivity index (χ3n) is 7.48. The monoisotopic (exact) mass is 558 g/mol. The van der Waals surface area contributed by atoms with E-state index in [1.165, 1.54) is 4.90 Å². The average Bonchev–Trinajstić information content (AvgIpc) is 3.35. The molecule has 218 valence electrons. The van der Waals surface area contributed by atoms with E-state index in [2.05, 4.69) is 46.9 Å². The Kier molecular flexibility index (Phi) is 8.39. The number of ether oxygens (including phenoxy) is 2. The Morgan fingerprint density at radius 1 is 0.902 bits per heavy atom. The van der Waals surface area contributed by atoms with Crippen LogP contribution in [0.3, 0.4) is 0 Å². The lowest BCUT2D eigenvalue weighted by Crippen LogP contribution is -2.38. The number of aromatic hydroxyl groups is 1. The first kappa shape index (κ1) is 30.0. The maximum atomic E-state index is 13.7. The van der Waals surface area contributed by atoms with Crippen molar-refractivity contribution in [3.05, 3.63) is 82.4 Å². The number of carbonyl (C=O) groups is 2. The number of amides is 2. The zero-order chi connectivity index (χ0) is 30.1. The smallest absolute Gasteiger partial charge is 0.251 e. The number of hydrogen-bond acceptors (Lipinski definition) is 5. The van der Waals surface area contributed by atoms with Crippen LogP contribution in [0.1, 0.15) is 81.8 Å². The van der Waals surface area contributed by atoms with Crippen molar-refractivity contribution in [2.75, 3.05) is 19.2 Å². The number of anilines is 1. The van der Waals surface area contributed by atoms with Crippen LogP contribution in [0.15, 0.2) is 54.6 Å². The molecule has 0 aromatic heterocycles. The predicted molar refractivity (Wildman–Crippen MR) is 162 cm³/mol. The molecule has 0 aliphatic carbocycles. The van der Waals surface area contributed by atoms with Gasteiger partial charge in [0.1, 0.15) is 11.8 Å². The van der Waals surface area contributed by atoms with E-state index < -0.39 is 6.04 Å². The molecule has 0 bridgehead atoms. The lowest BCUT2D eigenvalue weighted by molar-refractivity contribution is -0.137. The molecule has 1 aliphatic heterocycles. The number of carbonyl (C=O) groups excluding carboxylic acids is 2. The molecule has 2 N–H and O–H groups in total. The first-order chi connectivity index (χ1) is 19.1. The van der Waals surface area contributed by atoms with Crippen molar-refractivity contribution < 1.29 is 24.2 Å². The minimum atomic E-state index is -0.830. The molecule has 0 radical (unpaired) electrons. The van der Waals surface area contributed by atoms with Crippen LogP contribution in [0.5, 0.6) is 17.2 Å². The van der Waals surface area contributed by atoms with Crippen LogP contribution in [-0.2, 0) is 26.8 Å². The lowest BCUT2D eigenvalue weighted by Gasteiger charge is -2.29. The summed E-state index contributed by atoms with van der Waals surface area (Å²) >= 11 is 0. The normalized spacial score (nSPS) is 13.6. The van der Waals surface area contributed by atoms with E-state index in [-0.39, 0.29) is 35.9 Å². The number of rotatable bonds is 7. The number of fused-ring (bicyclic) bond motifs is 1. The van der Waals surface area contributed by atoms with Gasteiger partial charge in [-0.15, -0.1) is 0 Å². The first-order valence-corrected chi connectivity index (χ1v) is 14.0. The highest BCUT2D eigenvalue weighted by atomic mass is 16.7. The van der Waals surface area contributed by atoms with Crippen molar-refractivity contribution >= 4 is 17.5 Å². The number of benzene rings is 3. The van der Waals surface area contributed by atoms with Crippen molar-refractivity contribution in [2.24, 2.45) is 0 Å². The minimum absolute atomic E-state index is 0.144. The van der Waals surface area contributed by atoms with Crippen molar-refractivity contribution in [2.45, 2.75) is 78.2 Å².